The molecule has 0 bridgehead atoms. The van der Waals surface area contributed by atoms with Crippen molar-refractivity contribution < 1.29 is 54.1 Å². The molecule has 2 saturated heterocycles. The number of halogens is 1. The Bertz CT molecular complexity index is 1550. The standard InChI is InChI=1S/C32H37NO11.ClH/c1-14-5-4-6-17-23(14)30(39)26-25(28(17)37)29(38)18-10-32(41,21(35)13-34)11-20(24(18)31(26)40)44-22-9-19(27(36)16(3)43-22)33-7-8-42-15(2)12-33;/h4-6,15-16,19-20,22,27,34,36,38,40-41H,7-13H2,1-3H3;1H/t15-,16+,19+,20+,22+,27-,32+;/m1./s1. The summed E-state index contributed by atoms with van der Waals surface area (Å²) >= 11 is 0. The van der Waals surface area contributed by atoms with Gasteiger partial charge in [0.15, 0.2) is 23.6 Å². The second-order valence-corrected chi connectivity index (χ2v) is 12.4. The highest BCUT2D eigenvalue weighted by Gasteiger charge is 2.50. The molecule has 45 heavy (non-hydrogen) atoms. The minimum atomic E-state index is -2.22. The summed E-state index contributed by atoms with van der Waals surface area (Å²) in [4.78, 5) is 42.3. The molecule has 0 saturated carbocycles. The Hall–Kier alpha value is -2.94. The van der Waals surface area contributed by atoms with E-state index in [0.717, 1.165) is 0 Å². The van der Waals surface area contributed by atoms with Gasteiger partial charge in [0.25, 0.3) is 0 Å². The van der Waals surface area contributed by atoms with Gasteiger partial charge in [0.05, 0.1) is 42.1 Å². The fraction of sp³-hybridized carbons (Fsp3) is 0.531. The van der Waals surface area contributed by atoms with Crippen molar-refractivity contribution >= 4 is 29.8 Å². The Morgan fingerprint density at radius 2 is 1.82 bits per heavy atom. The molecule has 12 nitrogen and oxygen atoms in total. The average molecular weight is 648 g/mol. The lowest BCUT2D eigenvalue weighted by Crippen LogP contribution is -2.59. The van der Waals surface area contributed by atoms with Crippen LogP contribution in [-0.4, -0.2) is 110 Å². The van der Waals surface area contributed by atoms with Gasteiger partial charge < -0.3 is 39.7 Å². The Morgan fingerprint density at radius 3 is 2.51 bits per heavy atom. The molecule has 4 aliphatic rings. The summed E-state index contributed by atoms with van der Waals surface area (Å²) in [6.07, 6.45) is -4.61. The summed E-state index contributed by atoms with van der Waals surface area (Å²) in [5.74, 6) is -3.52. The Morgan fingerprint density at radius 1 is 1.11 bits per heavy atom. The molecular formula is C32H38ClNO11. The maximum absolute atomic E-state index is 13.8. The lowest BCUT2D eigenvalue weighted by molar-refractivity contribution is -0.261. The number of aliphatic hydroxyl groups is 3. The van der Waals surface area contributed by atoms with Gasteiger partial charge in [-0.05, 0) is 26.3 Å². The highest BCUT2D eigenvalue weighted by molar-refractivity contribution is 6.31. The van der Waals surface area contributed by atoms with E-state index >= 15 is 0 Å². The molecule has 244 valence electrons. The van der Waals surface area contributed by atoms with Gasteiger partial charge in [-0.2, -0.15) is 0 Å². The van der Waals surface area contributed by atoms with Gasteiger partial charge in [0.1, 0.15) is 23.7 Å². The number of carbonyl (C=O) groups excluding carboxylic acids is 3. The zero-order valence-electron chi connectivity index (χ0n) is 25.2. The summed E-state index contributed by atoms with van der Waals surface area (Å²) in [5.41, 5.74) is -2.51. The van der Waals surface area contributed by atoms with E-state index in [1.54, 1.807) is 26.0 Å². The second kappa shape index (κ2) is 12.3. The van der Waals surface area contributed by atoms with Crippen molar-refractivity contribution in [3.63, 3.8) is 0 Å². The van der Waals surface area contributed by atoms with Crippen LogP contribution in [0.15, 0.2) is 18.2 Å². The molecule has 13 heteroatoms. The van der Waals surface area contributed by atoms with E-state index in [4.69, 9.17) is 14.2 Å². The molecule has 2 aliphatic carbocycles. The first kappa shape index (κ1) is 33.4. The zero-order valence-corrected chi connectivity index (χ0v) is 26.0. The number of nitrogens with zero attached hydrogens (tertiary/aromatic N) is 1. The van der Waals surface area contributed by atoms with Gasteiger partial charge in [0, 0.05) is 60.6 Å². The smallest absolute Gasteiger partial charge is 0.198 e. The number of aromatic hydroxyl groups is 2. The van der Waals surface area contributed by atoms with Gasteiger partial charge in [-0.3, -0.25) is 19.3 Å². The number of Topliss-reactive ketones (excluding diaryl/α,β-unsaturated/α-hetero) is 1. The number of fused-ring (bicyclic) bond motifs is 3. The van der Waals surface area contributed by atoms with Gasteiger partial charge in [-0.1, -0.05) is 18.2 Å². The van der Waals surface area contributed by atoms with Crippen molar-refractivity contribution in [2.75, 3.05) is 26.3 Å². The van der Waals surface area contributed by atoms with E-state index in [1.807, 2.05) is 6.92 Å². The molecule has 0 spiro atoms. The van der Waals surface area contributed by atoms with Gasteiger partial charge in [-0.25, -0.2) is 0 Å². The molecule has 0 unspecified atom stereocenters. The van der Waals surface area contributed by atoms with E-state index in [-0.39, 0.29) is 58.8 Å². The molecule has 2 fully saturated rings. The number of ether oxygens (including phenoxy) is 3. The summed E-state index contributed by atoms with van der Waals surface area (Å²) in [5, 5.41) is 55.3. The first-order valence-corrected chi connectivity index (χ1v) is 14.9. The SMILES string of the molecule is Cc1cccc2c1C(=O)c1c(O)c3c(c(O)c1C2=O)C[C@@](O)(C(=O)CO)C[C@@H]3O[C@H]1C[C@H](N2CCO[C@H](C)C2)[C@H](O)[C@H](C)O1.Cl. The third kappa shape index (κ3) is 5.47. The maximum atomic E-state index is 13.8. The van der Waals surface area contributed by atoms with Gasteiger partial charge >= 0.3 is 0 Å². The molecule has 0 radical (unpaired) electrons. The summed E-state index contributed by atoms with van der Waals surface area (Å²) in [7, 11) is 0. The Kier molecular flexibility index (Phi) is 9.17. The van der Waals surface area contributed by atoms with E-state index < -0.39 is 84.1 Å². The van der Waals surface area contributed by atoms with Crippen LogP contribution < -0.4 is 0 Å². The molecule has 2 aliphatic heterocycles. The van der Waals surface area contributed by atoms with Crippen molar-refractivity contribution in [1.82, 2.24) is 4.90 Å². The Labute approximate surface area is 265 Å². The molecule has 2 heterocycles. The number of rotatable bonds is 5. The number of hydrogen-bond acceptors (Lipinski definition) is 12. The maximum Gasteiger partial charge on any atom is 0.198 e. The third-order valence-electron chi connectivity index (χ3n) is 9.50. The predicted octanol–water partition coefficient (Wildman–Crippen LogP) is 1.48. The lowest BCUT2D eigenvalue weighted by Gasteiger charge is -2.47. The topological polar surface area (TPSA) is 183 Å². The highest BCUT2D eigenvalue weighted by atomic mass is 35.5. The highest BCUT2D eigenvalue weighted by Crippen LogP contribution is 2.52. The molecular weight excluding hydrogens is 610 g/mol. The van der Waals surface area contributed by atoms with Crippen LogP contribution in [0.25, 0.3) is 0 Å². The van der Waals surface area contributed by atoms with Crippen molar-refractivity contribution in [1.29, 1.82) is 0 Å². The van der Waals surface area contributed by atoms with Crippen LogP contribution in [0.2, 0.25) is 0 Å². The van der Waals surface area contributed by atoms with Crippen LogP contribution in [-0.2, 0) is 25.4 Å². The molecule has 0 aromatic heterocycles. The van der Waals surface area contributed by atoms with E-state index in [0.29, 0.717) is 25.3 Å². The van der Waals surface area contributed by atoms with Crippen LogP contribution in [0.4, 0.5) is 0 Å². The van der Waals surface area contributed by atoms with Crippen LogP contribution in [0, 0.1) is 6.92 Å². The van der Waals surface area contributed by atoms with Crippen molar-refractivity contribution in [2.24, 2.45) is 0 Å². The van der Waals surface area contributed by atoms with Crippen molar-refractivity contribution in [3.8, 4) is 11.5 Å². The largest absolute Gasteiger partial charge is 0.507 e. The fourth-order valence-electron chi connectivity index (χ4n) is 7.24. The van der Waals surface area contributed by atoms with Crippen LogP contribution in [0.3, 0.4) is 0 Å². The third-order valence-corrected chi connectivity index (χ3v) is 9.50. The average Bonchev–Trinajstić information content (AvgIpc) is 2.98. The monoisotopic (exact) mass is 647 g/mol. The van der Waals surface area contributed by atoms with E-state index in [1.165, 1.54) is 6.07 Å². The number of ketones is 3. The zero-order chi connectivity index (χ0) is 31.7. The molecule has 2 aromatic carbocycles. The number of aryl methyl sites for hydroxylation is 1. The molecule has 7 atom stereocenters. The number of carbonyl (C=O) groups is 3. The van der Waals surface area contributed by atoms with Crippen LogP contribution in [0.5, 0.6) is 11.5 Å². The number of aliphatic hydroxyl groups excluding tert-OH is 2. The van der Waals surface area contributed by atoms with E-state index in [9.17, 15) is 39.9 Å². The molecule has 5 N–H and O–H groups in total. The lowest BCUT2D eigenvalue weighted by atomic mass is 9.71. The summed E-state index contributed by atoms with van der Waals surface area (Å²) in [6.45, 7) is 5.96. The second-order valence-electron chi connectivity index (χ2n) is 12.4. The fourth-order valence-corrected chi connectivity index (χ4v) is 7.24. The minimum Gasteiger partial charge on any atom is -0.507 e. The normalized spacial score (nSPS) is 31.4. The minimum absolute atomic E-state index is 0. The predicted molar refractivity (Wildman–Crippen MR) is 160 cm³/mol. The number of phenolic OH excluding ortho intramolecular Hbond substituents is 2. The van der Waals surface area contributed by atoms with Gasteiger partial charge in [0.2, 0.25) is 0 Å². The van der Waals surface area contributed by atoms with Crippen molar-refractivity contribution in [2.45, 2.75) is 82.4 Å². The first-order chi connectivity index (χ1) is 20.9. The number of phenols is 2. The molecule has 6 rings (SSSR count). The summed E-state index contributed by atoms with van der Waals surface area (Å²) < 4.78 is 18.0. The van der Waals surface area contributed by atoms with E-state index in [2.05, 4.69) is 4.90 Å². The summed E-state index contributed by atoms with van der Waals surface area (Å²) in [6, 6.07) is 4.36. The van der Waals surface area contributed by atoms with Gasteiger partial charge in [-0.15, -0.1) is 12.4 Å². The quantitative estimate of drug-likeness (QED) is 0.252. The first-order valence-electron chi connectivity index (χ1n) is 14.9. The number of morpholine rings is 1. The Balaban J connectivity index is 0.00000400. The molecule has 2 aromatic rings. The van der Waals surface area contributed by atoms with Crippen LogP contribution >= 0.6 is 12.4 Å². The molecule has 0 amide bonds. The number of hydrogen-bond donors (Lipinski definition) is 5. The van der Waals surface area contributed by atoms with Crippen LogP contribution in [0.1, 0.15) is 81.3 Å². The number of benzene rings is 2. The van der Waals surface area contributed by atoms with Crippen molar-refractivity contribution in [3.05, 3.63) is 57.1 Å².